The van der Waals surface area contributed by atoms with Crippen LogP contribution in [-0.4, -0.2) is 12.1 Å². The molecule has 0 heterocycles. The van der Waals surface area contributed by atoms with E-state index in [1.54, 1.807) is 24.3 Å². The predicted molar refractivity (Wildman–Crippen MR) is 54.2 cm³/mol. The first-order chi connectivity index (χ1) is 7.29. The van der Waals surface area contributed by atoms with E-state index in [1.165, 1.54) is 0 Å². The Kier molecular flexibility index (Phi) is 2.68. The van der Waals surface area contributed by atoms with E-state index in [0.717, 1.165) is 19.3 Å². The standard InChI is InChI=1S/C12H11NO2/c13-8-9-4-6-10(7-5-9)12(14)15-11-2-1-3-11/h4-7,11H,1-3H2. The Morgan fingerprint density at radius 2 is 2.00 bits per heavy atom. The van der Waals surface area contributed by atoms with Gasteiger partial charge in [0.05, 0.1) is 17.2 Å². The number of ether oxygens (including phenoxy) is 1. The average Bonchev–Trinajstić information content (AvgIpc) is 2.23. The minimum absolute atomic E-state index is 0.105. The fourth-order valence-electron chi connectivity index (χ4n) is 1.39. The number of hydrogen-bond donors (Lipinski definition) is 0. The molecule has 0 N–H and O–H groups in total. The molecule has 0 spiro atoms. The van der Waals surface area contributed by atoms with E-state index in [0.29, 0.717) is 11.1 Å². The zero-order valence-corrected chi connectivity index (χ0v) is 8.27. The molecule has 1 aliphatic rings. The van der Waals surface area contributed by atoms with Crippen LogP contribution in [0, 0.1) is 11.3 Å². The van der Waals surface area contributed by atoms with Gasteiger partial charge in [-0.2, -0.15) is 5.26 Å². The van der Waals surface area contributed by atoms with Crippen molar-refractivity contribution in [2.24, 2.45) is 0 Å². The van der Waals surface area contributed by atoms with Gasteiger partial charge in [0.25, 0.3) is 0 Å². The summed E-state index contributed by atoms with van der Waals surface area (Å²) in [5, 5.41) is 8.59. The molecule has 0 amide bonds. The Hall–Kier alpha value is -1.82. The summed E-state index contributed by atoms with van der Waals surface area (Å²) in [6.45, 7) is 0. The van der Waals surface area contributed by atoms with Crippen LogP contribution in [-0.2, 0) is 4.74 Å². The molecule has 3 nitrogen and oxygen atoms in total. The Labute approximate surface area is 88.3 Å². The summed E-state index contributed by atoms with van der Waals surface area (Å²) in [6, 6.07) is 8.50. The molecule has 1 aromatic rings. The van der Waals surface area contributed by atoms with Gasteiger partial charge in [-0.15, -0.1) is 0 Å². The van der Waals surface area contributed by atoms with Gasteiger partial charge in [0.15, 0.2) is 0 Å². The van der Waals surface area contributed by atoms with Gasteiger partial charge in [0.2, 0.25) is 0 Å². The summed E-state index contributed by atoms with van der Waals surface area (Å²) >= 11 is 0. The van der Waals surface area contributed by atoms with E-state index in [1.807, 2.05) is 6.07 Å². The molecule has 0 unspecified atom stereocenters. The second-order valence-corrected chi connectivity index (χ2v) is 3.65. The molecule has 1 fully saturated rings. The van der Waals surface area contributed by atoms with Gasteiger partial charge in [0, 0.05) is 0 Å². The fourth-order valence-corrected chi connectivity index (χ4v) is 1.39. The lowest BCUT2D eigenvalue weighted by Gasteiger charge is -2.25. The molecule has 1 aromatic carbocycles. The van der Waals surface area contributed by atoms with E-state index in [9.17, 15) is 4.79 Å². The van der Waals surface area contributed by atoms with Crippen molar-refractivity contribution in [2.45, 2.75) is 25.4 Å². The average molecular weight is 201 g/mol. The molecule has 0 radical (unpaired) electrons. The summed E-state index contributed by atoms with van der Waals surface area (Å²) in [7, 11) is 0. The van der Waals surface area contributed by atoms with Gasteiger partial charge in [-0.3, -0.25) is 0 Å². The van der Waals surface area contributed by atoms with Crippen molar-refractivity contribution in [3.8, 4) is 6.07 Å². The molecule has 76 valence electrons. The lowest BCUT2D eigenvalue weighted by Crippen LogP contribution is -2.25. The molecule has 3 heteroatoms. The smallest absolute Gasteiger partial charge is 0.338 e. The SMILES string of the molecule is N#Cc1ccc(C(=O)OC2CCC2)cc1. The molecule has 15 heavy (non-hydrogen) atoms. The minimum atomic E-state index is -0.288. The molecular weight excluding hydrogens is 190 g/mol. The maximum atomic E-state index is 11.5. The maximum Gasteiger partial charge on any atom is 0.338 e. The molecule has 0 bridgehead atoms. The first kappa shape index (κ1) is 9.72. The third-order valence-electron chi connectivity index (χ3n) is 2.58. The van der Waals surface area contributed by atoms with Crippen LogP contribution in [0.5, 0.6) is 0 Å². The molecule has 1 saturated carbocycles. The molecular formula is C12H11NO2. The topological polar surface area (TPSA) is 50.1 Å². The highest BCUT2D eigenvalue weighted by molar-refractivity contribution is 5.89. The number of nitriles is 1. The van der Waals surface area contributed by atoms with Crippen molar-refractivity contribution in [3.63, 3.8) is 0 Å². The Bertz CT molecular complexity index is 399. The lowest BCUT2D eigenvalue weighted by atomic mass is 9.96. The molecule has 2 rings (SSSR count). The number of hydrogen-bond acceptors (Lipinski definition) is 3. The maximum absolute atomic E-state index is 11.5. The van der Waals surface area contributed by atoms with Crippen LogP contribution in [0.1, 0.15) is 35.2 Å². The number of carbonyl (C=O) groups is 1. The van der Waals surface area contributed by atoms with Crippen LogP contribution < -0.4 is 0 Å². The number of esters is 1. The largest absolute Gasteiger partial charge is 0.459 e. The third kappa shape index (κ3) is 2.16. The van der Waals surface area contributed by atoms with Crippen molar-refractivity contribution in [1.82, 2.24) is 0 Å². The van der Waals surface area contributed by atoms with E-state index >= 15 is 0 Å². The highest BCUT2D eigenvalue weighted by Crippen LogP contribution is 2.23. The van der Waals surface area contributed by atoms with Crippen LogP contribution in [0.2, 0.25) is 0 Å². The Morgan fingerprint density at radius 1 is 1.33 bits per heavy atom. The Balaban J connectivity index is 2.02. The van der Waals surface area contributed by atoms with E-state index < -0.39 is 0 Å². The van der Waals surface area contributed by atoms with Gasteiger partial charge in [-0.05, 0) is 43.5 Å². The Morgan fingerprint density at radius 3 is 2.47 bits per heavy atom. The second kappa shape index (κ2) is 4.14. The monoisotopic (exact) mass is 201 g/mol. The molecule has 1 aliphatic carbocycles. The molecule has 0 aliphatic heterocycles. The number of benzene rings is 1. The summed E-state index contributed by atoms with van der Waals surface area (Å²) in [5.41, 5.74) is 1.07. The molecule has 0 saturated heterocycles. The van der Waals surface area contributed by atoms with Crippen molar-refractivity contribution < 1.29 is 9.53 Å². The van der Waals surface area contributed by atoms with Crippen LogP contribution in [0.15, 0.2) is 24.3 Å². The van der Waals surface area contributed by atoms with E-state index in [4.69, 9.17) is 10.00 Å². The molecule has 0 atom stereocenters. The number of nitrogens with zero attached hydrogens (tertiary/aromatic N) is 1. The predicted octanol–water partition coefficient (Wildman–Crippen LogP) is 2.27. The van der Waals surface area contributed by atoms with Crippen molar-refractivity contribution in [2.75, 3.05) is 0 Å². The van der Waals surface area contributed by atoms with E-state index in [2.05, 4.69) is 0 Å². The van der Waals surface area contributed by atoms with Crippen molar-refractivity contribution >= 4 is 5.97 Å². The second-order valence-electron chi connectivity index (χ2n) is 3.65. The van der Waals surface area contributed by atoms with Crippen LogP contribution >= 0.6 is 0 Å². The summed E-state index contributed by atoms with van der Waals surface area (Å²) in [6.07, 6.45) is 3.20. The normalized spacial score (nSPS) is 15.1. The van der Waals surface area contributed by atoms with Crippen LogP contribution in [0.25, 0.3) is 0 Å². The fraction of sp³-hybridized carbons (Fsp3) is 0.333. The number of rotatable bonds is 2. The zero-order chi connectivity index (χ0) is 10.7. The summed E-state index contributed by atoms with van der Waals surface area (Å²) in [4.78, 5) is 11.5. The van der Waals surface area contributed by atoms with Gasteiger partial charge in [-0.25, -0.2) is 4.79 Å². The van der Waals surface area contributed by atoms with Gasteiger partial charge < -0.3 is 4.74 Å². The highest BCUT2D eigenvalue weighted by Gasteiger charge is 2.22. The minimum Gasteiger partial charge on any atom is -0.459 e. The van der Waals surface area contributed by atoms with Gasteiger partial charge >= 0.3 is 5.97 Å². The first-order valence-electron chi connectivity index (χ1n) is 5.01. The third-order valence-corrected chi connectivity index (χ3v) is 2.58. The quantitative estimate of drug-likeness (QED) is 0.689. The van der Waals surface area contributed by atoms with Crippen molar-refractivity contribution in [3.05, 3.63) is 35.4 Å². The first-order valence-corrected chi connectivity index (χ1v) is 5.01. The lowest BCUT2D eigenvalue weighted by molar-refractivity contribution is 0.00901. The zero-order valence-electron chi connectivity index (χ0n) is 8.27. The van der Waals surface area contributed by atoms with Gasteiger partial charge in [0.1, 0.15) is 6.10 Å². The molecule has 0 aromatic heterocycles. The van der Waals surface area contributed by atoms with Crippen LogP contribution in [0.4, 0.5) is 0 Å². The highest BCUT2D eigenvalue weighted by atomic mass is 16.5. The van der Waals surface area contributed by atoms with E-state index in [-0.39, 0.29) is 12.1 Å². The van der Waals surface area contributed by atoms with Crippen LogP contribution in [0.3, 0.4) is 0 Å². The van der Waals surface area contributed by atoms with Crippen molar-refractivity contribution in [1.29, 1.82) is 5.26 Å². The van der Waals surface area contributed by atoms with Gasteiger partial charge in [-0.1, -0.05) is 0 Å². The number of carbonyl (C=O) groups excluding carboxylic acids is 1. The summed E-state index contributed by atoms with van der Waals surface area (Å²) < 4.78 is 5.22. The summed E-state index contributed by atoms with van der Waals surface area (Å²) in [5.74, 6) is -0.288.